The first-order valence-corrected chi connectivity index (χ1v) is 7.58. The Morgan fingerprint density at radius 1 is 1.31 bits per heavy atom. The van der Waals surface area contributed by atoms with Crippen molar-refractivity contribution in [1.82, 2.24) is 5.32 Å². The normalized spacial score (nSPS) is 12.4. The lowest BCUT2D eigenvalue weighted by Gasteiger charge is -2.11. The second kappa shape index (κ2) is 11.3. The van der Waals surface area contributed by atoms with Crippen molar-refractivity contribution in [2.24, 2.45) is 11.7 Å². The van der Waals surface area contributed by atoms with Crippen LogP contribution in [0.1, 0.15) is 39.0 Å². The largest absolute Gasteiger partial charge is 0.356 e. The van der Waals surface area contributed by atoms with Crippen LogP contribution in [0.25, 0.3) is 0 Å². The van der Waals surface area contributed by atoms with Crippen LogP contribution in [0.15, 0.2) is 0 Å². The number of rotatable bonds is 10. The molecule has 0 aliphatic rings. The van der Waals surface area contributed by atoms with Crippen LogP contribution in [0.3, 0.4) is 0 Å². The Hall–Kier alpha value is -0.220. The van der Waals surface area contributed by atoms with Gasteiger partial charge in [-0.15, -0.1) is 0 Å². The summed E-state index contributed by atoms with van der Waals surface area (Å²) >= 11 is 1.88. The molecule has 3 N–H and O–H groups in total. The standard InChI is InChI=1S/C12H26N2OS/c1-11(7-6-8-13)12(15)14-9-4-3-5-10-16-2/h11H,3-10,13H2,1-2H3,(H,14,15). The second-order valence-corrected chi connectivity index (χ2v) is 5.16. The van der Waals surface area contributed by atoms with Gasteiger partial charge in [-0.05, 0) is 44.2 Å². The van der Waals surface area contributed by atoms with Crippen molar-refractivity contribution < 1.29 is 4.79 Å². The van der Waals surface area contributed by atoms with E-state index in [0.717, 1.165) is 25.8 Å². The van der Waals surface area contributed by atoms with Gasteiger partial charge in [-0.1, -0.05) is 13.3 Å². The lowest BCUT2D eigenvalue weighted by Crippen LogP contribution is -2.30. The highest BCUT2D eigenvalue weighted by molar-refractivity contribution is 7.98. The number of amides is 1. The van der Waals surface area contributed by atoms with Crippen molar-refractivity contribution in [1.29, 1.82) is 0 Å². The van der Waals surface area contributed by atoms with Crippen molar-refractivity contribution >= 4 is 17.7 Å². The Kier molecular flexibility index (Phi) is 11.1. The fraction of sp³-hybridized carbons (Fsp3) is 0.917. The minimum Gasteiger partial charge on any atom is -0.356 e. The van der Waals surface area contributed by atoms with Gasteiger partial charge in [-0.2, -0.15) is 11.8 Å². The number of unbranched alkanes of at least 4 members (excludes halogenated alkanes) is 2. The lowest BCUT2D eigenvalue weighted by molar-refractivity contribution is -0.124. The number of nitrogens with one attached hydrogen (secondary N) is 1. The van der Waals surface area contributed by atoms with Gasteiger partial charge < -0.3 is 11.1 Å². The third-order valence-electron chi connectivity index (χ3n) is 2.61. The van der Waals surface area contributed by atoms with Crippen LogP contribution in [-0.2, 0) is 4.79 Å². The van der Waals surface area contributed by atoms with Gasteiger partial charge in [0.25, 0.3) is 0 Å². The van der Waals surface area contributed by atoms with Gasteiger partial charge in [0, 0.05) is 12.5 Å². The van der Waals surface area contributed by atoms with E-state index in [9.17, 15) is 4.79 Å². The Morgan fingerprint density at radius 2 is 2.06 bits per heavy atom. The Bertz CT molecular complexity index is 176. The average molecular weight is 246 g/mol. The number of thioether (sulfide) groups is 1. The predicted molar refractivity (Wildman–Crippen MR) is 72.7 cm³/mol. The molecule has 0 aliphatic heterocycles. The van der Waals surface area contributed by atoms with E-state index in [1.54, 1.807) is 0 Å². The Balaban J connectivity index is 3.35. The summed E-state index contributed by atoms with van der Waals surface area (Å²) in [5.41, 5.74) is 5.41. The summed E-state index contributed by atoms with van der Waals surface area (Å²) in [6.07, 6.45) is 7.51. The molecule has 0 aromatic rings. The molecule has 0 radical (unpaired) electrons. The van der Waals surface area contributed by atoms with E-state index in [4.69, 9.17) is 5.73 Å². The van der Waals surface area contributed by atoms with E-state index in [1.165, 1.54) is 18.6 Å². The molecule has 16 heavy (non-hydrogen) atoms. The maximum Gasteiger partial charge on any atom is 0.222 e. The maximum absolute atomic E-state index is 11.6. The molecular formula is C12H26N2OS. The maximum atomic E-state index is 11.6. The minimum atomic E-state index is 0.106. The topological polar surface area (TPSA) is 55.1 Å². The fourth-order valence-corrected chi connectivity index (χ4v) is 1.98. The van der Waals surface area contributed by atoms with Crippen molar-refractivity contribution in [2.45, 2.75) is 39.0 Å². The van der Waals surface area contributed by atoms with Crippen molar-refractivity contribution in [3.63, 3.8) is 0 Å². The first-order valence-electron chi connectivity index (χ1n) is 6.19. The molecule has 0 heterocycles. The van der Waals surface area contributed by atoms with Crippen LogP contribution >= 0.6 is 11.8 Å². The summed E-state index contributed by atoms with van der Waals surface area (Å²) in [5, 5.41) is 2.98. The zero-order valence-electron chi connectivity index (χ0n) is 10.6. The van der Waals surface area contributed by atoms with E-state index >= 15 is 0 Å². The zero-order chi connectivity index (χ0) is 12.2. The molecule has 96 valence electrons. The predicted octanol–water partition coefficient (Wildman–Crippen LogP) is 2.01. The number of hydrogen-bond acceptors (Lipinski definition) is 3. The van der Waals surface area contributed by atoms with Gasteiger partial charge >= 0.3 is 0 Å². The molecule has 0 aromatic heterocycles. The zero-order valence-corrected chi connectivity index (χ0v) is 11.4. The first kappa shape index (κ1) is 15.8. The number of hydrogen-bond donors (Lipinski definition) is 2. The van der Waals surface area contributed by atoms with Gasteiger partial charge in [0.05, 0.1) is 0 Å². The van der Waals surface area contributed by atoms with Gasteiger partial charge in [0.1, 0.15) is 0 Å². The molecule has 0 fully saturated rings. The van der Waals surface area contributed by atoms with Crippen LogP contribution in [-0.4, -0.2) is 31.0 Å². The highest BCUT2D eigenvalue weighted by atomic mass is 32.2. The van der Waals surface area contributed by atoms with Crippen LogP contribution in [0.4, 0.5) is 0 Å². The highest BCUT2D eigenvalue weighted by Crippen LogP contribution is 2.05. The molecule has 0 rings (SSSR count). The molecule has 1 unspecified atom stereocenters. The van der Waals surface area contributed by atoms with Gasteiger partial charge in [-0.3, -0.25) is 4.79 Å². The number of nitrogens with two attached hydrogens (primary N) is 1. The Labute approximate surface area is 104 Å². The van der Waals surface area contributed by atoms with E-state index in [-0.39, 0.29) is 11.8 Å². The van der Waals surface area contributed by atoms with E-state index < -0.39 is 0 Å². The molecule has 4 heteroatoms. The summed E-state index contributed by atoms with van der Waals surface area (Å²) in [5.74, 6) is 1.51. The molecule has 1 amide bonds. The van der Waals surface area contributed by atoms with E-state index in [2.05, 4.69) is 11.6 Å². The van der Waals surface area contributed by atoms with Gasteiger partial charge in [-0.25, -0.2) is 0 Å². The monoisotopic (exact) mass is 246 g/mol. The summed E-state index contributed by atoms with van der Waals surface area (Å²) in [6.45, 7) is 3.46. The molecule has 0 aliphatic carbocycles. The summed E-state index contributed by atoms with van der Waals surface area (Å²) < 4.78 is 0. The summed E-state index contributed by atoms with van der Waals surface area (Å²) in [7, 11) is 0. The third-order valence-corrected chi connectivity index (χ3v) is 3.31. The molecule has 0 spiro atoms. The van der Waals surface area contributed by atoms with Gasteiger partial charge in [0.15, 0.2) is 0 Å². The summed E-state index contributed by atoms with van der Waals surface area (Å²) in [4.78, 5) is 11.6. The van der Waals surface area contributed by atoms with Crippen LogP contribution in [0.2, 0.25) is 0 Å². The molecule has 1 atom stereocenters. The third kappa shape index (κ3) is 9.04. The van der Waals surface area contributed by atoms with Crippen LogP contribution in [0, 0.1) is 5.92 Å². The van der Waals surface area contributed by atoms with E-state index in [1.807, 2.05) is 18.7 Å². The molecule has 3 nitrogen and oxygen atoms in total. The van der Waals surface area contributed by atoms with Crippen LogP contribution < -0.4 is 11.1 Å². The lowest BCUT2D eigenvalue weighted by atomic mass is 10.0. The molecular weight excluding hydrogens is 220 g/mol. The Morgan fingerprint density at radius 3 is 2.69 bits per heavy atom. The smallest absolute Gasteiger partial charge is 0.222 e. The molecule has 0 saturated heterocycles. The van der Waals surface area contributed by atoms with Crippen LogP contribution in [0.5, 0.6) is 0 Å². The van der Waals surface area contributed by atoms with Gasteiger partial charge in [0.2, 0.25) is 5.91 Å². The van der Waals surface area contributed by atoms with Crippen molar-refractivity contribution in [3.05, 3.63) is 0 Å². The fourth-order valence-electron chi connectivity index (χ4n) is 1.49. The quantitative estimate of drug-likeness (QED) is 0.580. The average Bonchev–Trinajstić information content (AvgIpc) is 2.30. The van der Waals surface area contributed by atoms with Crippen molar-refractivity contribution in [3.8, 4) is 0 Å². The van der Waals surface area contributed by atoms with E-state index in [0.29, 0.717) is 6.54 Å². The first-order chi connectivity index (χ1) is 7.72. The number of carbonyl (C=O) groups is 1. The number of carbonyl (C=O) groups excluding carboxylic acids is 1. The second-order valence-electron chi connectivity index (χ2n) is 4.18. The minimum absolute atomic E-state index is 0.106. The van der Waals surface area contributed by atoms with Crippen molar-refractivity contribution in [2.75, 3.05) is 25.1 Å². The molecule has 0 bridgehead atoms. The molecule has 0 saturated carbocycles. The molecule has 0 aromatic carbocycles. The SMILES string of the molecule is CSCCCCCNC(=O)C(C)CCCN. The summed E-state index contributed by atoms with van der Waals surface area (Å²) in [6, 6.07) is 0. The highest BCUT2D eigenvalue weighted by Gasteiger charge is 2.10.